The van der Waals surface area contributed by atoms with Gasteiger partial charge in [0.1, 0.15) is 18.3 Å². The van der Waals surface area contributed by atoms with Crippen LogP contribution in [0.15, 0.2) is 72.8 Å². The summed E-state index contributed by atoms with van der Waals surface area (Å²) in [6, 6.07) is 17.8. The van der Waals surface area contributed by atoms with Gasteiger partial charge in [-0.2, -0.15) is 0 Å². The van der Waals surface area contributed by atoms with Crippen LogP contribution in [0.5, 0.6) is 0 Å². The Morgan fingerprint density at radius 3 is 1.79 bits per heavy atom. The molecule has 18 heteroatoms. The summed E-state index contributed by atoms with van der Waals surface area (Å²) < 4.78 is 75.2. The Morgan fingerprint density at radius 1 is 0.765 bits per heavy atom. The minimum absolute atomic E-state index is 0.0403. The summed E-state index contributed by atoms with van der Waals surface area (Å²) in [6.45, 7) is 17.4. The van der Waals surface area contributed by atoms with E-state index >= 15 is 0 Å². The van der Waals surface area contributed by atoms with Crippen molar-refractivity contribution in [1.29, 1.82) is 0 Å². The fourth-order valence-electron chi connectivity index (χ4n) is 13.9. The molecule has 0 aromatic heterocycles. The van der Waals surface area contributed by atoms with Crippen LogP contribution in [-0.2, 0) is 33.3 Å². The Hall–Kier alpha value is -3.58. The Kier molecular flexibility index (Phi) is 23.1. The normalized spacial score (nSPS) is 36.1. The molecule has 3 aliphatic heterocycles. The predicted molar refractivity (Wildman–Crippen MR) is 311 cm³/mol. The zero-order valence-electron chi connectivity index (χ0n) is 50.2. The van der Waals surface area contributed by atoms with E-state index in [1.807, 2.05) is 39.8 Å². The number of amides is 1. The van der Waals surface area contributed by atoms with Gasteiger partial charge in [0, 0.05) is 25.5 Å². The quantitative estimate of drug-likeness (QED) is 0.0507. The molecule has 3 saturated heterocycles. The van der Waals surface area contributed by atoms with Crippen molar-refractivity contribution in [3.63, 3.8) is 0 Å². The van der Waals surface area contributed by atoms with Crippen LogP contribution in [-0.4, -0.2) is 165 Å². The molecule has 81 heavy (non-hydrogen) atoms. The topological polar surface area (TPSA) is 188 Å². The summed E-state index contributed by atoms with van der Waals surface area (Å²) in [4.78, 5) is 33.0. The molecule has 3 heterocycles. The Balaban J connectivity index is 1.28. The molecule has 18 atom stereocenters. The van der Waals surface area contributed by atoms with Crippen molar-refractivity contribution in [2.24, 2.45) is 23.7 Å². The second kappa shape index (κ2) is 28.1. The van der Waals surface area contributed by atoms with Gasteiger partial charge in [0.2, 0.25) is 0 Å². The number of methoxy groups -OCH3 is 1. The van der Waals surface area contributed by atoms with Crippen molar-refractivity contribution in [3.05, 3.63) is 90.2 Å². The molecule has 0 bridgehead atoms. The molecule has 1 amide bonds. The van der Waals surface area contributed by atoms with E-state index in [1.54, 1.807) is 82.8 Å². The molecule has 3 fully saturated rings. The van der Waals surface area contributed by atoms with Crippen LogP contribution < -0.4 is 15.9 Å². The van der Waals surface area contributed by atoms with Gasteiger partial charge in [-0.05, 0) is 67.5 Å². The van der Waals surface area contributed by atoms with E-state index in [0.29, 0.717) is 25.4 Å². The van der Waals surface area contributed by atoms with E-state index in [0.717, 1.165) is 35.2 Å². The van der Waals surface area contributed by atoms with Crippen LogP contribution in [0.3, 0.4) is 0 Å². The minimum Gasteiger partial charge on any atom is -0.383 e. The summed E-state index contributed by atoms with van der Waals surface area (Å²) >= 11 is 0. The molecule has 3 aromatic carbocycles. The van der Waals surface area contributed by atoms with Crippen molar-refractivity contribution in [2.75, 3.05) is 33.9 Å². The van der Waals surface area contributed by atoms with E-state index < -0.39 is 109 Å². The van der Waals surface area contributed by atoms with Crippen molar-refractivity contribution in [2.45, 2.75) is 217 Å². The zero-order valence-corrected chi connectivity index (χ0v) is 51.2. The fourth-order valence-corrected chi connectivity index (χ4v) is 18.7. The number of nitrogens with zero attached hydrogens (tertiary/aromatic N) is 2. The van der Waals surface area contributed by atoms with E-state index in [1.165, 1.54) is 50.4 Å². The number of carbonyl (C=O) groups excluding carboxylic acids is 2. The SMILES string of the molecule is CC[C@H]1OC(=O)[C@H](C)C([C@H]2C[C@@](C)(OC)[C@@H](O)[C@H](C)O2)[C@H](C)[C@@H](O[C@@H]2O[C@H](C)C[C@H](N(C)C)[C@H]2O)[C@](C)(O)C[C@@H](C)CN(C(=O)CCCCCCC[PH](c2ccc(F)cc2)(c2ccc(F)cc2)c2ccc(F)cc2)[C@H](C)[C@@H](O)[C@]1(C)O. The predicted octanol–water partition coefficient (Wildman–Crippen LogP) is 7.56. The molecule has 456 valence electrons. The first kappa shape index (κ1) is 66.6. The van der Waals surface area contributed by atoms with Gasteiger partial charge < -0.3 is 49.0 Å². The maximum atomic E-state index is 14.8. The van der Waals surface area contributed by atoms with Gasteiger partial charge in [-0.1, -0.05) is 20.8 Å². The number of cyclic esters (lactones) is 1. The van der Waals surface area contributed by atoms with Crippen molar-refractivity contribution >= 4 is 35.1 Å². The van der Waals surface area contributed by atoms with Gasteiger partial charge in [-0.15, -0.1) is 0 Å². The summed E-state index contributed by atoms with van der Waals surface area (Å²) in [5, 5.41) is 63.7. The monoisotopic (exact) mass is 1160 g/mol. The van der Waals surface area contributed by atoms with Gasteiger partial charge in [-0.25, -0.2) is 0 Å². The number of aliphatic hydroxyl groups is 5. The summed E-state index contributed by atoms with van der Waals surface area (Å²) in [7, 11) is 2.30. The smallest absolute Gasteiger partial charge is 0.383 e. The Morgan fingerprint density at radius 2 is 1.28 bits per heavy atom. The number of benzene rings is 3. The molecule has 5 N–H and O–H groups in total. The van der Waals surface area contributed by atoms with Crippen LogP contribution in [0, 0.1) is 41.1 Å². The number of esters is 1. The third-order valence-electron chi connectivity index (χ3n) is 18.5. The van der Waals surface area contributed by atoms with Gasteiger partial charge in [0.05, 0.1) is 41.5 Å². The molecule has 3 aliphatic rings. The number of hydrogen-bond acceptors (Lipinski definition) is 13. The van der Waals surface area contributed by atoms with Crippen LogP contribution >= 0.6 is 7.26 Å². The van der Waals surface area contributed by atoms with Crippen molar-refractivity contribution < 1.29 is 72.0 Å². The minimum atomic E-state index is -2.94. The number of hydrogen-bond donors (Lipinski definition) is 5. The Bertz CT molecular complexity index is 2360. The maximum absolute atomic E-state index is 14.8. The van der Waals surface area contributed by atoms with E-state index in [-0.39, 0.29) is 67.7 Å². The van der Waals surface area contributed by atoms with E-state index in [2.05, 4.69) is 0 Å². The third-order valence-corrected chi connectivity index (χ3v) is 23.6. The van der Waals surface area contributed by atoms with Crippen LogP contribution in [0.25, 0.3) is 0 Å². The summed E-state index contributed by atoms with van der Waals surface area (Å²) in [6.07, 6.45) is -4.14. The third kappa shape index (κ3) is 15.3. The number of ether oxygens (including phenoxy) is 5. The molecule has 3 aromatic rings. The second-order valence-electron chi connectivity index (χ2n) is 25.1. The van der Waals surface area contributed by atoms with Gasteiger partial charge in [0.15, 0.2) is 6.29 Å². The summed E-state index contributed by atoms with van der Waals surface area (Å²) in [5.41, 5.74) is -4.89. The van der Waals surface area contributed by atoms with Gasteiger partial charge in [-0.3, -0.25) is 4.79 Å². The molecule has 1 unspecified atom stereocenters. The first-order chi connectivity index (χ1) is 38.0. The Labute approximate surface area is 480 Å². The number of halogens is 3. The standard InChI is InChI=1S/C63H96F3N2O12P/c1-14-52-63(10,75)56(71)42(6)68(53(69)20-18-16-15-17-19-33-81(47-27-21-44(64)22-28-47,48-29-23-45(65)24-30-48)49-31-25-46(66)26-32-49)37-38(2)35-61(8,74)58(80-60-55(70)50(67(11)12)34-39(3)77-60)40(4)54(41(5)59(73)79-52)51-36-62(9,76-13)57(72)43(7)78-51/h21-32,38-43,50-52,54-58,60,70-72,74-75,81H,14-20,33-37H2,1-13H3/t38-,39-,40+,41-,42-,43+,50+,51-,52-,54?,55-,56-,57+,58-,60+,61-,62-,63-/m1/s1. The second-order valence-corrected chi connectivity index (χ2v) is 29.1. The molecule has 0 radical (unpaired) electrons. The van der Waals surface area contributed by atoms with Crippen molar-refractivity contribution in [3.8, 4) is 0 Å². The van der Waals surface area contributed by atoms with Crippen LogP contribution in [0.2, 0.25) is 0 Å². The first-order valence-corrected chi connectivity index (χ1v) is 31.7. The average Bonchev–Trinajstić information content (AvgIpc) is 3.41. The summed E-state index contributed by atoms with van der Waals surface area (Å²) in [5.74, 6) is -5.15. The molecular formula is C63H96F3N2O12P. The van der Waals surface area contributed by atoms with E-state index in [4.69, 9.17) is 23.7 Å². The zero-order chi connectivity index (χ0) is 59.9. The van der Waals surface area contributed by atoms with Crippen LogP contribution in [0.1, 0.15) is 133 Å². The molecule has 0 spiro atoms. The van der Waals surface area contributed by atoms with Crippen LogP contribution in [0.4, 0.5) is 13.2 Å². The number of likely N-dealkylation sites (N-methyl/N-ethyl adjacent to an activating group) is 1. The number of aliphatic hydroxyl groups excluding tert-OH is 3. The number of rotatable bonds is 17. The average molecular weight is 1160 g/mol. The molecule has 14 nitrogen and oxygen atoms in total. The fraction of sp³-hybridized carbons (Fsp3) is 0.683. The molecule has 0 saturated carbocycles. The van der Waals surface area contributed by atoms with Gasteiger partial charge in [0.25, 0.3) is 0 Å². The molecular weight excluding hydrogens is 1060 g/mol. The van der Waals surface area contributed by atoms with Crippen molar-refractivity contribution in [1.82, 2.24) is 9.80 Å². The number of carbonyl (C=O) groups is 2. The molecule has 0 aliphatic carbocycles. The first-order valence-electron chi connectivity index (χ1n) is 29.5. The van der Waals surface area contributed by atoms with E-state index in [9.17, 15) is 48.3 Å². The molecule has 6 rings (SSSR count). The number of unbranched alkanes of at least 4 members (excludes halogenated alkanes) is 4. The van der Waals surface area contributed by atoms with Gasteiger partial charge >= 0.3 is 248 Å².